The SMILES string of the molecule is Cc1[nH][nH]c(=O)c1C(c1ccc(OC(=O)c2ccc(Br)cc2)cc1)c1c(C)[nH][nH]c1=O.Cl. The molecule has 0 aliphatic carbocycles. The van der Waals surface area contributed by atoms with Crippen LogP contribution in [0.25, 0.3) is 0 Å². The monoisotopic (exact) mass is 518 g/mol. The molecule has 4 aromatic rings. The number of esters is 1. The lowest BCUT2D eigenvalue weighted by molar-refractivity contribution is 0.0734. The number of aromatic nitrogens is 4. The van der Waals surface area contributed by atoms with Crippen LogP contribution in [0, 0.1) is 13.8 Å². The van der Waals surface area contributed by atoms with E-state index in [1.54, 1.807) is 62.4 Å². The van der Waals surface area contributed by atoms with Gasteiger partial charge in [0.2, 0.25) is 0 Å². The predicted molar refractivity (Wildman–Crippen MR) is 126 cm³/mol. The van der Waals surface area contributed by atoms with Crippen LogP contribution in [0.5, 0.6) is 5.75 Å². The molecule has 0 fully saturated rings. The molecule has 0 aliphatic heterocycles. The first-order valence-electron chi connectivity index (χ1n) is 9.47. The Kier molecular flexibility index (Phi) is 6.90. The molecule has 10 heteroatoms. The van der Waals surface area contributed by atoms with Crippen LogP contribution in [0.4, 0.5) is 0 Å². The van der Waals surface area contributed by atoms with Gasteiger partial charge in [-0.2, -0.15) is 0 Å². The lowest BCUT2D eigenvalue weighted by Crippen LogP contribution is -2.20. The van der Waals surface area contributed by atoms with Crippen molar-refractivity contribution in [3.05, 3.63) is 107 Å². The normalized spacial score (nSPS) is 10.8. The van der Waals surface area contributed by atoms with Crippen molar-refractivity contribution in [2.24, 2.45) is 0 Å². The predicted octanol–water partition coefficient (Wildman–Crippen LogP) is 3.92. The molecule has 2 aromatic heterocycles. The fourth-order valence-electron chi connectivity index (χ4n) is 3.56. The molecule has 32 heavy (non-hydrogen) atoms. The summed E-state index contributed by atoms with van der Waals surface area (Å²) in [5, 5.41) is 10.8. The highest BCUT2D eigenvalue weighted by molar-refractivity contribution is 9.10. The third-order valence-electron chi connectivity index (χ3n) is 5.11. The number of benzene rings is 2. The third-order valence-corrected chi connectivity index (χ3v) is 5.63. The quantitative estimate of drug-likeness (QED) is 0.236. The molecule has 166 valence electrons. The first-order valence-corrected chi connectivity index (χ1v) is 10.3. The van der Waals surface area contributed by atoms with E-state index in [1.165, 1.54) is 0 Å². The zero-order valence-corrected chi connectivity index (χ0v) is 19.5. The molecule has 0 bridgehead atoms. The molecule has 0 aliphatic rings. The van der Waals surface area contributed by atoms with E-state index in [2.05, 4.69) is 36.3 Å². The molecule has 0 saturated carbocycles. The summed E-state index contributed by atoms with van der Waals surface area (Å²) in [7, 11) is 0. The Bertz CT molecular complexity index is 1300. The summed E-state index contributed by atoms with van der Waals surface area (Å²) in [5.41, 5.74) is 2.72. The summed E-state index contributed by atoms with van der Waals surface area (Å²) in [4.78, 5) is 37.3. The van der Waals surface area contributed by atoms with Gasteiger partial charge in [0, 0.05) is 21.8 Å². The lowest BCUT2D eigenvalue weighted by atomic mass is 9.85. The van der Waals surface area contributed by atoms with E-state index in [9.17, 15) is 14.4 Å². The maximum absolute atomic E-state index is 12.5. The van der Waals surface area contributed by atoms with E-state index in [-0.39, 0.29) is 23.5 Å². The van der Waals surface area contributed by atoms with Crippen molar-refractivity contribution in [2.45, 2.75) is 19.8 Å². The second kappa shape index (κ2) is 9.46. The maximum atomic E-state index is 12.5. The van der Waals surface area contributed by atoms with Crippen molar-refractivity contribution in [1.82, 2.24) is 20.4 Å². The van der Waals surface area contributed by atoms with Gasteiger partial charge in [-0.1, -0.05) is 28.1 Å². The maximum Gasteiger partial charge on any atom is 0.343 e. The van der Waals surface area contributed by atoms with Crippen LogP contribution in [0.15, 0.2) is 62.6 Å². The number of ether oxygens (including phenoxy) is 1. The van der Waals surface area contributed by atoms with Crippen LogP contribution >= 0.6 is 28.3 Å². The molecular formula is C22H20BrClN4O4. The Morgan fingerprint density at radius 3 is 1.75 bits per heavy atom. The van der Waals surface area contributed by atoms with E-state index < -0.39 is 11.9 Å². The number of aryl methyl sites for hydroxylation is 2. The molecule has 8 nitrogen and oxygen atoms in total. The van der Waals surface area contributed by atoms with Crippen molar-refractivity contribution >= 4 is 34.3 Å². The summed E-state index contributed by atoms with van der Waals surface area (Å²) in [5.74, 6) is -0.719. The van der Waals surface area contributed by atoms with Crippen molar-refractivity contribution in [3.8, 4) is 5.75 Å². The Morgan fingerprint density at radius 2 is 1.31 bits per heavy atom. The van der Waals surface area contributed by atoms with Crippen molar-refractivity contribution < 1.29 is 9.53 Å². The van der Waals surface area contributed by atoms with Gasteiger partial charge in [-0.25, -0.2) is 4.79 Å². The van der Waals surface area contributed by atoms with Crippen LogP contribution in [0.1, 0.15) is 44.4 Å². The zero-order valence-electron chi connectivity index (χ0n) is 17.1. The van der Waals surface area contributed by atoms with Gasteiger partial charge in [0.05, 0.1) is 16.7 Å². The van der Waals surface area contributed by atoms with E-state index in [4.69, 9.17) is 4.74 Å². The fraction of sp³-hybridized carbons (Fsp3) is 0.136. The first kappa shape index (κ1) is 23.4. The van der Waals surface area contributed by atoms with Crippen LogP contribution < -0.4 is 15.9 Å². The highest BCUT2D eigenvalue weighted by Crippen LogP contribution is 2.32. The molecule has 0 saturated heterocycles. The summed E-state index contributed by atoms with van der Waals surface area (Å²) in [6.07, 6.45) is 0. The number of hydrogen-bond donors (Lipinski definition) is 4. The Hall–Kier alpha value is -3.30. The van der Waals surface area contributed by atoms with Crippen molar-refractivity contribution in [2.75, 3.05) is 0 Å². The number of aromatic amines is 4. The topological polar surface area (TPSA) is 124 Å². The summed E-state index contributed by atoms with van der Waals surface area (Å²) < 4.78 is 6.31. The van der Waals surface area contributed by atoms with Crippen LogP contribution in [-0.2, 0) is 0 Å². The molecule has 4 rings (SSSR count). The highest BCUT2D eigenvalue weighted by Gasteiger charge is 2.28. The Labute approximate surface area is 196 Å². The van der Waals surface area contributed by atoms with E-state index >= 15 is 0 Å². The number of halogens is 2. The number of carbonyl (C=O) groups excluding carboxylic acids is 1. The average molecular weight is 520 g/mol. The summed E-state index contributed by atoms with van der Waals surface area (Å²) in [6.45, 7) is 3.54. The van der Waals surface area contributed by atoms with Gasteiger partial charge in [-0.05, 0) is 55.8 Å². The fourth-order valence-corrected chi connectivity index (χ4v) is 3.83. The molecule has 0 radical (unpaired) electrons. The number of H-pyrrole nitrogens is 4. The molecule has 0 amide bonds. The standard InChI is InChI=1S/C22H19BrN4O4.ClH/c1-11-17(20(28)26-24-11)19(18-12(2)25-27-21(18)29)13-5-9-16(10-6-13)31-22(30)14-3-7-15(23)8-4-14;/h3-10,19H,1-2H3,(H2,24,26,28)(H2,25,27,29);1H. The average Bonchev–Trinajstić information content (AvgIpc) is 3.26. The number of carbonyl (C=O) groups is 1. The second-order valence-corrected chi connectivity index (χ2v) is 8.05. The van der Waals surface area contributed by atoms with Gasteiger partial charge in [0.15, 0.2) is 0 Å². The van der Waals surface area contributed by atoms with E-state index in [0.717, 1.165) is 4.47 Å². The summed E-state index contributed by atoms with van der Waals surface area (Å²) in [6, 6.07) is 13.6. The van der Waals surface area contributed by atoms with Crippen LogP contribution in [0.3, 0.4) is 0 Å². The molecule has 0 spiro atoms. The molecule has 4 N–H and O–H groups in total. The van der Waals surface area contributed by atoms with Gasteiger partial charge < -0.3 is 14.9 Å². The highest BCUT2D eigenvalue weighted by atomic mass is 79.9. The first-order chi connectivity index (χ1) is 14.8. The van der Waals surface area contributed by atoms with E-state index in [0.29, 0.717) is 39.4 Å². The smallest absolute Gasteiger partial charge is 0.343 e. The molecular weight excluding hydrogens is 500 g/mol. The van der Waals surface area contributed by atoms with E-state index in [1.807, 2.05) is 0 Å². The minimum atomic E-state index is -0.596. The lowest BCUT2D eigenvalue weighted by Gasteiger charge is -2.16. The largest absolute Gasteiger partial charge is 0.423 e. The van der Waals surface area contributed by atoms with Gasteiger partial charge in [0.1, 0.15) is 5.75 Å². The third kappa shape index (κ3) is 4.49. The zero-order chi connectivity index (χ0) is 22.1. The van der Waals surface area contributed by atoms with Gasteiger partial charge >= 0.3 is 5.97 Å². The van der Waals surface area contributed by atoms with Gasteiger partial charge in [0.25, 0.3) is 11.1 Å². The van der Waals surface area contributed by atoms with Crippen molar-refractivity contribution in [1.29, 1.82) is 0 Å². The molecule has 2 aromatic carbocycles. The Balaban J connectivity index is 0.00000289. The minimum absolute atomic E-state index is 0. The molecule has 0 unspecified atom stereocenters. The summed E-state index contributed by atoms with van der Waals surface area (Å²) >= 11 is 3.33. The van der Waals surface area contributed by atoms with Crippen LogP contribution in [-0.4, -0.2) is 26.4 Å². The number of hydrogen-bond acceptors (Lipinski definition) is 4. The second-order valence-electron chi connectivity index (χ2n) is 7.13. The number of nitrogens with one attached hydrogen (secondary N) is 4. The molecule has 0 atom stereocenters. The molecule has 2 heterocycles. The van der Waals surface area contributed by atoms with Gasteiger partial charge in [-0.3, -0.25) is 19.8 Å². The van der Waals surface area contributed by atoms with Gasteiger partial charge in [-0.15, -0.1) is 12.4 Å². The Morgan fingerprint density at radius 1 is 0.812 bits per heavy atom. The van der Waals surface area contributed by atoms with Crippen molar-refractivity contribution in [3.63, 3.8) is 0 Å². The minimum Gasteiger partial charge on any atom is -0.423 e. The van der Waals surface area contributed by atoms with Crippen LogP contribution in [0.2, 0.25) is 0 Å². The number of rotatable bonds is 5.